The summed E-state index contributed by atoms with van der Waals surface area (Å²) < 4.78 is 5.46. The highest BCUT2D eigenvalue weighted by Gasteiger charge is 2.13. The quantitative estimate of drug-likeness (QED) is 0.801. The zero-order valence-electron chi connectivity index (χ0n) is 9.60. The molecule has 3 heteroatoms. The van der Waals surface area contributed by atoms with Gasteiger partial charge in [-0.2, -0.15) is 0 Å². The van der Waals surface area contributed by atoms with Gasteiger partial charge in [-0.05, 0) is 27.1 Å². The SMILES string of the molecule is CCOc1ccccc1C(O)CN(C)C. The second-order valence-corrected chi connectivity index (χ2v) is 3.75. The lowest BCUT2D eigenvalue weighted by Crippen LogP contribution is -2.20. The summed E-state index contributed by atoms with van der Waals surface area (Å²) in [7, 11) is 3.87. The molecule has 1 rings (SSSR count). The fourth-order valence-electron chi connectivity index (χ4n) is 1.49. The Morgan fingerprint density at radius 2 is 2.00 bits per heavy atom. The molecule has 1 aromatic rings. The first-order valence-corrected chi connectivity index (χ1v) is 5.19. The van der Waals surface area contributed by atoms with Crippen molar-refractivity contribution in [1.29, 1.82) is 0 Å². The Kier molecular flexibility index (Phi) is 4.59. The summed E-state index contributed by atoms with van der Waals surface area (Å²) in [6, 6.07) is 7.62. The van der Waals surface area contributed by atoms with E-state index in [1.165, 1.54) is 0 Å². The van der Waals surface area contributed by atoms with E-state index in [1.807, 2.05) is 50.2 Å². The van der Waals surface area contributed by atoms with Crippen molar-refractivity contribution in [2.45, 2.75) is 13.0 Å². The van der Waals surface area contributed by atoms with Gasteiger partial charge in [0, 0.05) is 12.1 Å². The second kappa shape index (κ2) is 5.73. The molecule has 1 aromatic carbocycles. The van der Waals surface area contributed by atoms with Crippen molar-refractivity contribution in [3.05, 3.63) is 29.8 Å². The van der Waals surface area contributed by atoms with Crippen molar-refractivity contribution in [2.75, 3.05) is 27.2 Å². The summed E-state index contributed by atoms with van der Waals surface area (Å²) in [5.74, 6) is 0.773. The third-order valence-electron chi connectivity index (χ3n) is 2.12. The molecule has 84 valence electrons. The first-order valence-electron chi connectivity index (χ1n) is 5.19. The molecule has 1 atom stereocenters. The Hall–Kier alpha value is -1.06. The molecule has 0 saturated heterocycles. The third-order valence-corrected chi connectivity index (χ3v) is 2.12. The van der Waals surface area contributed by atoms with E-state index >= 15 is 0 Å². The molecule has 0 spiro atoms. The molecule has 15 heavy (non-hydrogen) atoms. The molecule has 0 radical (unpaired) electrons. The van der Waals surface area contributed by atoms with Crippen molar-refractivity contribution >= 4 is 0 Å². The van der Waals surface area contributed by atoms with Crippen molar-refractivity contribution in [2.24, 2.45) is 0 Å². The highest BCUT2D eigenvalue weighted by Crippen LogP contribution is 2.25. The van der Waals surface area contributed by atoms with Gasteiger partial charge in [-0.25, -0.2) is 0 Å². The molecule has 1 N–H and O–H groups in total. The summed E-state index contributed by atoms with van der Waals surface area (Å²) in [6.45, 7) is 3.16. The van der Waals surface area contributed by atoms with Crippen LogP contribution < -0.4 is 4.74 Å². The molecule has 0 aromatic heterocycles. The summed E-state index contributed by atoms with van der Waals surface area (Å²) in [4.78, 5) is 1.95. The topological polar surface area (TPSA) is 32.7 Å². The highest BCUT2D eigenvalue weighted by molar-refractivity contribution is 5.35. The smallest absolute Gasteiger partial charge is 0.125 e. The summed E-state index contributed by atoms with van der Waals surface area (Å²) in [5.41, 5.74) is 0.855. The first-order chi connectivity index (χ1) is 7.15. The number of hydrogen-bond donors (Lipinski definition) is 1. The number of likely N-dealkylation sites (N-methyl/N-ethyl adjacent to an activating group) is 1. The number of ether oxygens (including phenoxy) is 1. The molecule has 0 aliphatic rings. The molecule has 0 fully saturated rings. The van der Waals surface area contributed by atoms with E-state index in [9.17, 15) is 5.11 Å². The Labute approximate surface area is 91.3 Å². The lowest BCUT2D eigenvalue weighted by Gasteiger charge is -2.18. The van der Waals surface area contributed by atoms with Crippen LogP contribution in [0.25, 0.3) is 0 Å². The Morgan fingerprint density at radius 3 is 2.60 bits per heavy atom. The average Bonchev–Trinajstić information content (AvgIpc) is 2.18. The normalized spacial score (nSPS) is 12.9. The van der Waals surface area contributed by atoms with Gasteiger partial charge < -0.3 is 14.7 Å². The standard InChI is InChI=1S/C12H19NO2/c1-4-15-12-8-6-5-7-10(12)11(14)9-13(2)3/h5-8,11,14H,4,9H2,1-3H3. The van der Waals surface area contributed by atoms with Crippen molar-refractivity contribution in [3.8, 4) is 5.75 Å². The molecule has 0 heterocycles. The van der Waals surface area contributed by atoms with E-state index in [1.54, 1.807) is 0 Å². The van der Waals surface area contributed by atoms with Gasteiger partial charge in [-0.3, -0.25) is 0 Å². The third kappa shape index (κ3) is 3.53. The number of aliphatic hydroxyl groups is 1. The molecule has 0 aliphatic heterocycles. The number of nitrogens with zero attached hydrogens (tertiary/aromatic N) is 1. The first kappa shape index (κ1) is 12.0. The zero-order chi connectivity index (χ0) is 11.3. The molecular weight excluding hydrogens is 190 g/mol. The molecule has 1 unspecified atom stereocenters. The zero-order valence-corrected chi connectivity index (χ0v) is 9.60. The van der Waals surface area contributed by atoms with Crippen LogP contribution in [0.1, 0.15) is 18.6 Å². The van der Waals surface area contributed by atoms with E-state index in [0.29, 0.717) is 13.2 Å². The minimum absolute atomic E-state index is 0.497. The minimum atomic E-state index is -0.497. The highest BCUT2D eigenvalue weighted by atomic mass is 16.5. The van der Waals surface area contributed by atoms with Crippen LogP contribution in [-0.4, -0.2) is 37.3 Å². The number of aliphatic hydroxyl groups excluding tert-OH is 1. The Bertz CT molecular complexity index is 299. The lowest BCUT2D eigenvalue weighted by atomic mass is 10.1. The fourth-order valence-corrected chi connectivity index (χ4v) is 1.49. The van der Waals surface area contributed by atoms with Gasteiger partial charge in [0.15, 0.2) is 0 Å². The number of hydrogen-bond acceptors (Lipinski definition) is 3. The van der Waals surface area contributed by atoms with Gasteiger partial charge in [0.25, 0.3) is 0 Å². The fraction of sp³-hybridized carbons (Fsp3) is 0.500. The maximum Gasteiger partial charge on any atom is 0.125 e. The Morgan fingerprint density at radius 1 is 1.33 bits per heavy atom. The molecule has 0 aliphatic carbocycles. The Balaban J connectivity index is 2.81. The predicted molar refractivity (Wildman–Crippen MR) is 61.1 cm³/mol. The van der Waals surface area contributed by atoms with Crippen LogP contribution in [0.15, 0.2) is 24.3 Å². The summed E-state index contributed by atoms with van der Waals surface area (Å²) >= 11 is 0. The van der Waals surface area contributed by atoms with Gasteiger partial charge in [0.2, 0.25) is 0 Å². The van der Waals surface area contributed by atoms with Crippen LogP contribution in [0.3, 0.4) is 0 Å². The van der Waals surface area contributed by atoms with Crippen LogP contribution in [-0.2, 0) is 0 Å². The molecule has 0 bridgehead atoms. The van der Waals surface area contributed by atoms with E-state index in [0.717, 1.165) is 11.3 Å². The van der Waals surface area contributed by atoms with Gasteiger partial charge >= 0.3 is 0 Å². The van der Waals surface area contributed by atoms with Crippen LogP contribution >= 0.6 is 0 Å². The molecular formula is C12H19NO2. The van der Waals surface area contributed by atoms with Gasteiger partial charge in [-0.15, -0.1) is 0 Å². The van der Waals surface area contributed by atoms with Crippen LogP contribution in [0, 0.1) is 0 Å². The maximum atomic E-state index is 9.98. The van der Waals surface area contributed by atoms with Gasteiger partial charge in [0.05, 0.1) is 12.7 Å². The summed E-state index contributed by atoms with van der Waals surface area (Å²) in [6.07, 6.45) is -0.497. The second-order valence-electron chi connectivity index (χ2n) is 3.75. The van der Waals surface area contributed by atoms with Crippen LogP contribution in [0.2, 0.25) is 0 Å². The van der Waals surface area contributed by atoms with E-state index < -0.39 is 6.10 Å². The largest absolute Gasteiger partial charge is 0.493 e. The molecule has 0 saturated carbocycles. The van der Waals surface area contributed by atoms with Crippen LogP contribution in [0.5, 0.6) is 5.75 Å². The van der Waals surface area contributed by atoms with Gasteiger partial charge in [0.1, 0.15) is 5.75 Å². The summed E-state index contributed by atoms with van der Waals surface area (Å²) in [5, 5.41) is 9.98. The predicted octanol–water partition coefficient (Wildman–Crippen LogP) is 1.68. The van der Waals surface area contributed by atoms with Crippen molar-refractivity contribution < 1.29 is 9.84 Å². The molecule has 3 nitrogen and oxygen atoms in total. The van der Waals surface area contributed by atoms with Crippen LogP contribution in [0.4, 0.5) is 0 Å². The van der Waals surface area contributed by atoms with E-state index in [-0.39, 0.29) is 0 Å². The number of para-hydroxylation sites is 1. The van der Waals surface area contributed by atoms with Crippen molar-refractivity contribution in [1.82, 2.24) is 4.90 Å². The van der Waals surface area contributed by atoms with E-state index in [2.05, 4.69) is 0 Å². The van der Waals surface area contributed by atoms with Gasteiger partial charge in [-0.1, -0.05) is 18.2 Å². The molecule has 0 amide bonds. The monoisotopic (exact) mass is 209 g/mol. The maximum absolute atomic E-state index is 9.98. The number of rotatable bonds is 5. The van der Waals surface area contributed by atoms with Crippen molar-refractivity contribution in [3.63, 3.8) is 0 Å². The average molecular weight is 209 g/mol. The minimum Gasteiger partial charge on any atom is -0.493 e. The lowest BCUT2D eigenvalue weighted by molar-refractivity contribution is 0.134. The van der Waals surface area contributed by atoms with E-state index in [4.69, 9.17) is 4.74 Å². The number of benzene rings is 1.